The largest absolute Gasteiger partial charge is 0.495 e. The highest BCUT2D eigenvalue weighted by molar-refractivity contribution is 7.99. The lowest BCUT2D eigenvalue weighted by molar-refractivity contribution is -0.387. The van der Waals surface area contributed by atoms with E-state index in [1.807, 2.05) is 49.4 Å². The number of nitro groups is 1. The number of anilines is 2. The number of methoxy groups -OCH3 is 1. The fraction of sp³-hybridized carbons (Fsp3) is 0.111. The van der Waals surface area contributed by atoms with Gasteiger partial charge in [0.15, 0.2) is 5.03 Å². The zero-order valence-electron chi connectivity index (χ0n) is 14.2. The summed E-state index contributed by atoms with van der Waals surface area (Å²) in [5, 5.41) is 15.0. The van der Waals surface area contributed by atoms with E-state index in [9.17, 15) is 10.1 Å². The molecule has 132 valence electrons. The molecule has 0 saturated carbocycles. The zero-order valence-corrected chi connectivity index (χ0v) is 15.0. The van der Waals surface area contributed by atoms with Crippen LogP contribution in [0.25, 0.3) is 0 Å². The van der Waals surface area contributed by atoms with Gasteiger partial charge in [-0.1, -0.05) is 36.0 Å². The number of nitrogens with zero attached hydrogens (tertiary/aromatic N) is 3. The van der Waals surface area contributed by atoms with Crippen LogP contribution in [0.5, 0.6) is 5.75 Å². The first kappa shape index (κ1) is 17.7. The lowest BCUT2D eigenvalue weighted by Gasteiger charge is -2.12. The zero-order chi connectivity index (χ0) is 18.5. The molecular weight excluding hydrogens is 352 g/mol. The molecule has 0 unspecified atom stereocenters. The Bertz CT molecular complexity index is 935. The Labute approximate surface area is 154 Å². The lowest BCUT2D eigenvalue weighted by Crippen LogP contribution is -2.04. The molecule has 0 radical (unpaired) electrons. The normalized spacial score (nSPS) is 10.4. The molecule has 26 heavy (non-hydrogen) atoms. The maximum absolute atomic E-state index is 11.7. The van der Waals surface area contributed by atoms with Gasteiger partial charge in [-0.2, -0.15) is 0 Å². The van der Waals surface area contributed by atoms with E-state index in [-0.39, 0.29) is 16.5 Å². The van der Waals surface area contributed by atoms with Gasteiger partial charge in [-0.15, -0.1) is 0 Å². The highest BCUT2D eigenvalue weighted by Gasteiger charge is 2.24. The van der Waals surface area contributed by atoms with E-state index < -0.39 is 4.92 Å². The molecule has 2 aromatic carbocycles. The van der Waals surface area contributed by atoms with Crippen LogP contribution in [0.2, 0.25) is 0 Å². The minimum Gasteiger partial charge on any atom is -0.495 e. The van der Waals surface area contributed by atoms with Crippen molar-refractivity contribution in [1.29, 1.82) is 0 Å². The highest BCUT2D eigenvalue weighted by Crippen LogP contribution is 2.38. The van der Waals surface area contributed by atoms with Gasteiger partial charge in [-0.05, 0) is 36.8 Å². The van der Waals surface area contributed by atoms with E-state index >= 15 is 0 Å². The van der Waals surface area contributed by atoms with Crippen LogP contribution in [0.1, 0.15) is 5.56 Å². The monoisotopic (exact) mass is 368 g/mol. The van der Waals surface area contributed by atoms with Crippen LogP contribution in [0.3, 0.4) is 0 Å². The molecule has 1 aromatic heterocycles. The standard InChI is InChI=1S/C18H16N4O3S/c1-12-8-9-15(25-2)14(10-12)21-17-16(22(23)24)18(20-11-19-17)26-13-6-4-3-5-7-13/h3-11H,1-2H3,(H,19,20,21). The summed E-state index contributed by atoms with van der Waals surface area (Å²) in [4.78, 5) is 20.2. The number of rotatable bonds is 6. The van der Waals surface area contributed by atoms with Crippen molar-refractivity contribution in [3.05, 3.63) is 70.5 Å². The third-order valence-electron chi connectivity index (χ3n) is 3.54. The number of aryl methyl sites for hydroxylation is 1. The SMILES string of the molecule is COc1ccc(C)cc1Nc1ncnc(Sc2ccccc2)c1[N+](=O)[O-]. The third kappa shape index (κ3) is 3.92. The van der Waals surface area contributed by atoms with Crippen LogP contribution < -0.4 is 10.1 Å². The number of ether oxygens (including phenoxy) is 1. The Hall–Kier alpha value is -3.13. The molecule has 0 aliphatic carbocycles. The second-order valence-electron chi connectivity index (χ2n) is 5.38. The minimum absolute atomic E-state index is 0.118. The quantitative estimate of drug-likeness (QED) is 0.386. The van der Waals surface area contributed by atoms with Crippen molar-refractivity contribution in [2.45, 2.75) is 16.8 Å². The summed E-state index contributed by atoms with van der Waals surface area (Å²) in [6.07, 6.45) is 1.31. The Balaban J connectivity index is 2.01. The second-order valence-corrected chi connectivity index (χ2v) is 6.44. The van der Waals surface area contributed by atoms with Gasteiger partial charge in [-0.25, -0.2) is 9.97 Å². The Morgan fingerprint density at radius 1 is 1.15 bits per heavy atom. The number of hydrogen-bond acceptors (Lipinski definition) is 7. The summed E-state index contributed by atoms with van der Waals surface area (Å²) in [6, 6.07) is 14.9. The predicted octanol–water partition coefficient (Wildman–Crippen LogP) is 4.60. The van der Waals surface area contributed by atoms with Gasteiger partial charge < -0.3 is 10.1 Å². The van der Waals surface area contributed by atoms with E-state index in [2.05, 4.69) is 15.3 Å². The summed E-state index contributed by atoms with van der Waals surface area (Å²) in [7, 11) is 1.54. The molecule has 8 heteroatoms. The van der Waals surface area contributed by atoms with Crippen molar-refractivity contribution >= 4 is 29.0 Å². The van der Waals surface area contributed by atoms with E-state index in [0.29, 0.717) is 11.4 Å². The van der Waals surface area contributed by atoms with Crippen LogP contribution >= 0.6 is 11.8 Å². The Morgan fingerprint density at radius 2 is 1.92 bits per heavy atom. The lowest BCUT2D eigenvalue weighted by atomic mass is 10.2. The van der Waals surface area contributed by atoms with Crippen molar-refractivity contribution in [2.24, 2.45) is 0 Å². The summed E-state index contributed by atoms with van der Waals surface area (Å²) in [5.74, 6) is 0.688. The molecule has 0 aliphatic rings. The fourth-order valence-electron chi connectivity index (χ4n) is 2.34. The molecule has 0 bridgehead atoms. The minimum atomic E-state index is -0.476. The molecule has 0 atom stereocenters. The second kappa shape index (κ2) is 7.83. The number of hydrogen-bond donors (Lipinski definition) is 1. The number of benzene rings is 2. The number of aromatic nitrogens is 2. The van der Waals surface area contributed by atoms with Gasteiger partial charge in [0.05, 0.1) is 17.7 Å². The fourth-order valence-corrected chi connectivity index (χ4v) is 3.22. The van der Waals surface area contributed by atoms with E-state index in [0.717, 1.165) is 10.5 Å². The molecule has 1 heterocycles. The molecule has 0 fully saturated rings. The first-order valence-corrected chi connectivity index (χ1v) is 8.54. The summed E-state index contributed by atoms with van der Waals surface area (Å²) < 4.78 is 5.32. The first-order chi connectivity index (χ1) is 12.6. The van der Waals surface area contributed by atoms with Gasteiger partial charge in [0.25, 0.3) is 0 Å². The highest BCUT2D eigenvalue weighted by atomic mass is 32.2. The molecule has 7 nitrogen and oxygen atoms in total. The van der Waals surface area contributed by atoms with Crippen molar-refractivity contribution in [3.8, 4) is 5.75 Å². The van der Waals surface area contributed by atoms with Gasteiger partial charge in [0, 0.05) is 4.90 Å². The number of nitrogens with one attached hydrogen (secondary N) is 1. The maximum atomic E-state index is 11.7. The third-order valence-corrected chi connectivity index (χ3v) is 4.54. The molecular formula is C18H16N4O3S. The first-order valence-electron chi connectivity index (χ1n) is 7.72. The molecule has 0 saturated heterocycles. The van der Waals surface area contributed by atoms with E-state index in [4.69, 9.17) is 4.74 Å². The summed E-state index contributed by atoms with van der Waals surface area (Å²) in [6.45, 7) is 1.93. The smallest absolute Gasteiger partial charge is 0.343 e. The van der Waals surface area contributed by atoms with Gasteiger partial charge in [0.1, 0.15) is 12.1 Å². The predicted molar refractivity (Wildman–Crippen MR) is 100 cm³/mol. The van der Waals surface area contributed by atoms with E-state index in [1.165, 1.54) is 18.1 Å². The van der Waals surface area contributed by atoms with Gasteiger partial charge in [0.2, 0.25) is 5.82 Å². The van der Waals surface area contributed by atoms with Crippen LogP contribution in [0.4, 0.5) is 17.2 Å². The van der Waals surface area contributed by atoms with Crippen LogP contribution in [0, 0.1) is 17.0 Å². The average molecular weight is 368 g/mol. The Morgan fingerprint density at radius 3 is 2.62 bits per heavy atom. The molecule has 1 N–H and O–H groups in total. The van der Waals surface area contributed by atoms with E-state index in [1.54, 1.807) is 13.2 Å². The van der Waals surface area contributed by atoms with Crippen molar-refractivity contribution in [1.82, 2.24) is 9.97 Å². The van der Waals surface area contributed by atoms with Crippen LogP contribution in [-0.4, -0.2) is 22.0 Å². The van der Waals surface area contributed by atoms with Crippen LogP contribution in [0.15, 0.2) is 64.8 Å². The molecule has 3 aromatic rings. The van der Waals surface area contributed by atoms with Crippen molar-refractivity contribution < 1.29 is 9.66 Å². The summed E-state index contributed by atoms with van der Waals surface area (Å²) in [5.41, 5.74) is 1.42. The van der Waals surface area contributed by atoms with Gasteiger partial charge >= 0.3 is 5.69 Å². The topological polar surface area (TPSA) is 90.2 Å². The molecule has 3 rings (SSSR count). The Kier molecular flexibility index (Phi) is 5.33. The maximum Gasteiger partial charge on any atom is 0.343 e. The van der Waals surface area contributed by atoms with Crippen molar-refractivity contribution in [3.63, 3.8) is 0 Å². The van der Waals surface area contributed by atoms with Crippen LogP contribution in [-0.2, 0) is 0 Å². The van der Waals surface area contributed by atoms with Crippen molar-refractivity contribution in [2.75, 3.05) is 12.4 Å². The van der Waals surface area contributed by atoms with Gasteiger partial charge in [-0.3, -0.25) is 10.1 Å². The summed E-state index contributed by atoms with van der Waals surface area (Å²) >= 11 is 1.22. The molecule has 0 aliphatic heterocycles. The molecule has 0 spiro atoms. The molecule has 0 amide bonds. The average Bonchev–Trinajstić information content (AvgIpc) is 2.63.